The standard InChI is InChI=1S/C15H26N2O3S/c1-3-8-16-12-14-6-5-7-15(11-14)13-21(18,19)17-9-10-20-4-2/h5-7,11,16-17H,3-4,8-10,12-13H2,1-2H3. The number of benzene rings is 1. The van der Waals surface area contributed by atoms with E-state index in [1.54, 1.807) is 0 Å². The van der Waals surface area contributed by atoms with Gasteiger partial charge >= 0.3 is 0 Å². The lowest BCUT2D eigenvalue weighted by atomic mass is 10.1. The molecule has 0 saturated carbocycles. The van der Waals surface area contributed by atoms with Gasteiger partial charge in [0.15, 0.2) is 0 Å². The molecule has 0 radical (unpaired) electrons. The zero-order valence-electron chi connectivity index (χ0n) is 12.9. The Balaban J connectivity index is 2.50. The van der Waals surface area contributed by atoms with Crippen LogP contribution in [0.25, 0.3) is 0 Å². The van der Waals surface area contributed by atoms with E-state index in [1.165, 1.54) is 0 Å². The van der Waals surface area contributed by atoms with Crippen molar-refractivity contribution in [2.45, 2.75) is 32.6 Å². The maximum absolute atomic E-state index is 12.0. The summed E-state index contributed by atoms with van der Waals surface area (Å²) in [4.78, 5) is 0. The second kappa shape index (κ2) is 9.89. The summed E-state index contributed by atoms with van der Waals surface area (Å²) in [5, 5.41) is 3.31. The van der Waals surface area contributed by atoms with Gasteiger partial charge in [0.2, 0.25) is 10.0 Å². The Morgan fingerprint density at radius 1 is 1.14 bits per heavy atom. The molecule has 0 aliphatic carbocycles. The van der Waals surface area contributed by atoms with Crippen LogP contribution in [0.4, 0.5) is 0 Å². The molecule has 120 valence electrons. The average Bonchev–Trinajstić information content (AvgIpc) is 2.44. The third kappa shape index (κ3) is 8.16. The molecule has 0 fully saturated rings. The van der Waals surface area contributed by atoms with Crippen LogP contribution in [-0.2, 0) is 27.1 Å². The van der Waals surface area contributed by atoms with E-state index in [4.69, 9.17) is 4.74 Å². The summed E-state index contributed by atoms with van der Waals surface area (Å²) < 4.78 is 31.6. The van der Waals surface area contributed by atoms with Crippen LogP contribution in [0, 0.1) is 0 Å². The van der Waals surface area contributed by atoms with Gasteiger partial charge in [0.1, 0.15) is 0 Å². The van der Waals surface area contributed by atoms with E-state index in [-0.39, 0.29) is 5.75 Å². The molecule has 0 atom stereocenters. The fourth-order valence-corrected chi connectivity index (χ4v) is 3.04. The molecule has 1 rings (SSSR count). The van der Waals surface area contributed by atoms with Crippen LogP contribution in [0.15, 0.2) is 24.3 Å². The van der Waals surface area contributed by atoms with E-state index in [9.17, 15) is 8.42 Å². The minimum atomic E-state index is -3.31. The predicted octanol–water partition coefficient (Wildman–Crippen LogP) is 1.64. The van der Waals surface area contributed by atoms with Gasteiger partial charge in [-0.05, 0) is 31.0 Å². The SMILES string of the molecule is CCCNCc1cccc(CS(=O)(=O)NCCOCC)c1. The molecule has 0 amide bonds. The lowest BCUT2D eigenvalue weighted by molar-refractivity contribution is 0.153. The lowest BCUT2D eigenvalue weighted by Gasteiger charge is -2.09. The monoisotopic (exact) mass is 314 g/mol. The van der Waals surface area contributed by atoms with Gasteiger partial charge in [-0.25, -0.2) is 13.1 Å². The number of rotatable bonds is 11. The van der Waals surface area contributed by atoms with E-state index in [1.807, 2.05) is 31.2 Å². The van der Waals surface area contributed by atoms with Gasteiger partial charge in [-0.2, -0.15) is 0 Å². The van der Waals surface area contributed by atoms with Crippen LogP contribution in [0.5, 0.6) is 0 Å². The molecule has 2 N–H and O–H groups in total. The molecule has 0 aromatic heterocycles. The van der Waals surface area contributed by atoms with Gasteiger partial charge < -0.3 is 10.1 Å². The van der Waals surface area contributed by atoms with Crippen LogP contribution >= 0.6 is 0 Å². The Labute approximate surface area is 128 Å². The highest BCUT2D eigenvalue weighted by atomic mass is 32.2. The number of hydrogen-bond acceptors (Lipinski definition) is 4. The van der Waals surface area contributed by atoms with Crippen molar-refractivity contribution in [2.75, 3.05) is 26.3 Å². The van der Waals surface area contributed by atoms with Crippen LogP contribution in [0.3, 0.4) is 0 Å². The zero-order chi connectivity index (χ0) is 15.6. The Hall–Kier alpha value is -0.950. The largest absolute Gasteiger partial charge is 0.380 e. The molecular formula is C15H26N2O3S. The highest BCUT2D eigenvalue weighted by Crippen LogP contribution is 2.08. The Morgan fingerprint density at radius 2 is 1.90 bits per heavy atom. The number of nitrogens with one attached hydrogen (secondary N) is 2. The van der Waals surface area contributed by atoms with Crippen molar-refractivity contribution in [2.24, 2.45) is 0 Å². The topological polar surface area (TPSA) is 67.4 Å². The smallest absolute Gasteiger partial charge is 0.215 e. The summed E-state index contributed by atoms with van der Waals surface area (Å²) in [6, 6.07) is 7.67. The third-order valence-electron chi connectivity index (χ3n) is 2.88. The minimum absolute atomic E-state index is 0.000737. The second-order valence-electron chi connectivity index (χ2n) is 4.85. The van der Waals surface area contributed by atoms with Crippen molar-refractivity contribution < 1.29 is 13.2 Å². The molecule has 0 heterocycles. The molecule has 0 unspecified atom stereocenters. The maximum atomic E-state index is 12.0. The van der Waals surface area contributed by atoms with Gasteiger partial charge in [-0.3, -0.25) is 0 Å². The average molecular weight is 314 g/mol. The predicted molar refractivity (Wildman–Crippen MR) is 85.6 cm³/mol. The van der Waals surface area contributed by atoms with Crippen LogP contribution in [0.2, 0.25) is 0 Å². The first-order valence-electron chi connectivity index (χ1n) is 7.41. The zero-order valence-corrected chi connectivity index (χ0v) is 13.7. The van der Waals surface area contributed by atoms with Gasteiger partial charge in [0.25, 0.3) is 0 Å². The van der Waals surface area contributed by atoms with Gasteiger partial charge in [0.05, 0.1) is 12.4 Å². The first-order valence-corrected chi connectivity index (χ1v) is 9.06. The summed E-state index contributed by atoms with van der Waals surface area (Å²) >= 11 is 0. The molecule has 0 bridgehead atoms. The van der Waals surface area contributed by atoms with Crippen molar-refractivity contribution in [1.29, 1.82) is 0 Å². The molecule has 0 saturated heterocycles. The van der Waals surface area contributed by atoms with Crippen molar-refractivity contribution >= 4 is 10.0 Å². The highest BCUT2D eigenvalue weighted by Gasteiger charge is 2.11. The van der Waals surface area contributed by atoms with Crippen LogP contribution in [0.1, 0.15) is 31.4 Å². The number of ether oxygens (including phenoxy) is 1. The quantitative estimate of drug-likeness (QED) is 0.609. The Bertz CT molecular complexity index is 503. The molecule has 6 heteroatoms. The summed E-state index contributed by atoms with van der Waals surface area (Å²) in [5.41, 5.74) is 1.90. The van der Waals surface area contributed by atoms with Crippen molar-refractivity contribution in [3.63, 3.8) is 0 Å². The van der Waals surface area contributed by atoms with Crippen molar-refractivity contribution in [1.82, 2.24) is 10.0 Å². The number of sulfonamides is 1. The number of hydrogen-bond donors (Lipinski definition) is 2. The molecule has 5 nitrogen and oxygen atoms in total. The summed E-state index contributed by atoms with van der Waals surface area (Å²) in [7, 11) is -3.31. The van der Waals surface area contributed by atoms with Crippen LogP contribution < -0.4 is 10.0 Å². The van der Waals surface area contributed by atoms with E-state index in [0.717, 1.165) is 30.6 Å². The molecular weight excluding hydrogens is 288 g/mol. The van der Waals surface area contributed by atoms with Crippen LogP contribution in [-0.4, -0.2) is 34.7 Å². The summed E-state index contributed by atoms with van der Waals surface area (Å²) in [6.07, 6.45) is 1.08. The van der Waals surface area contributed by atoms with E-state index < -0.39 is 10.0 Å². The maximum Gasteiger partial charge on any atom is 0.215 e. The first-order chi connectivity index (χ1) is 10.1. The van der Waals surface area contributed by atoms with Crippen molar-refractivity contribution in [3.05, 3.63) is 35.4 Å². The molecule has 1 aromatic rings. The molecule has 0 aliphatic rings. The summed E-state index contributed by atoms with van der Waals surface area (Å²) in [5.74, 6) is 0.000737. The lowest BCUT2D eigenvalue weighted by Crippen LogP contribution is -2.28. The fourth-order valence-electron chi connectivity index (χ4n) is 1.92. The molecule has 0 aliphatic heterocycles. The first kappa shape index (κ1) is 18.1. The van der Waals surface area contributed by atoms with E-state index in [0.29, 0.717) is 19.8 Å². The second-order valence-corrected chi connectivity index (χ2v) is 6.65. The van der Waals surface area contributed by atoms with E-state index >= 15 is 0 Å². The van der Waals surface area contributed by atoms with Gasteiger partial charge in [-0.15, -0.1) is 0 Å². The normalized spacial score (nSPS) is 11.7. The van der Waals surface area contributed by atoms with E-state index in [2.05, 4.69) is 17.0 Å². The Morgan fingerprint density at radius 3 is 2.62 bits per heavy atom. The third-order valence-corrected chi connectivity index (χ3v) is 4.23. The Kier molecular flexibility index (Phi) is 8.52. The molecule has 0 spiro atoms. The minimum Gasteiger partial charge on any atom is -0.380 e. The summed E-state index contributed by atoms with van der Waals surface area (Å²) in [6.45, 7) is 7.02. The highest BCUT2D eigenvalue weighted by molar-refractivity contribution is 7.88. The van der Waals surface area contributed by atoms with Gasteiger partial charge in [0, 0.05) is 19.7 Å². The molecule has 1 aromatic carbocycles. The van der Waals surface area contributed by atoms with Crippen molar-refractivity contribution in [3.8, 4) is 0 Å². The fraction of sp³-hybridized carbons (Fsp3) is 0.600. The molecule has 21 heavy (non-hydrogen) atoms. The van der Waals surface area contributed by atoms with Gasteiger partial charge in [-0.1, -0.05) is 31.2 Å².